The molecule has 0 saturated carbocycles. The van der Waals surface area contributed by atoms with Crippen LogP contribution in [0.25, 0.3) is 0 Å². The van der Waals surface area contributed by atoms with Crippen LogP contribution in [0.2, 0.25) is 0 Å². The van der Waals surface area contributed by atoms with E-state index >= 15 is 0 Å². The molecule has 0 amide bonds. The Bertz CT molecular complexity index is 449. The summed E-state index contributed by atoms with van der Waals surface area (Å²) in [5, 5.41) is 3.35. The molecule has 5 heteroatoms. The fraction of sp³-hybridized carbons (Fsp3) is 0.667. The fourth-order valence-corrected chi connectivity index (χ4v) is 4.40. The van der Waals surface area contributed by atoms with Crippen LogP contribution in [-0.2, 0) is 0 Å². The standard InChI is InChI=1S/C15H23Br2N3/c1-10(2)20-6-4-5-11(8-18-3)15(20)14-13(17)7-12(16)9-19-14/h7,9-11,15,18H,4-6,8H2,1-3H3. The quantitative estimate of drug-likeness (QED) is 0.822. The number of hydrogen-bond acceptors (Lipinski definition) is 3. The highest BCUT2D eigenvalue weighted by atomic mass is 79.9. The minimum absolute atomic E-state index is 0.388. The van der Waals surface area contributed by atoms with E-state index in [1.807, 2.05) is 13.2 Å². The summed E-state index contributed by atoms with van der Waals surface area (Å²) in [5.41, 5.74) is 1.17. The number of likely N-dealkylation sites (tertiary alicyclic amines) is 1. The maximum absolute atomic E-state index is 4.70. The fourth-order valence-electron chi connectivity index (χ4n) is 3.18. The molecule has 0 bridgehead atoms. The monoisotopic (exact) mass is 403 g/mol. The van der Waals surface area contributed by atoms with Crippen LogP contribution < -0.4 is 5.32 Å². The van der Waals surface area contributed by atoms with Crippen LogP contribution in [0.4, 0.5) is 0 Å². The Balaban J connectivity index is 2.37. The number of nitrogens with zero attached hydrogens (tertiary/aromatic N) is 2. The zero-order valence-corrected chi connectivity index (χ0v) is 15.5. The van der Waals surface area contributed by atoms with Gasteiger partial charge in [0.1, 0.15) is 0 Å². The normalized spacial score (nSPS) is 24.3. The van der Waals surface area contributed by atoms with Crippen LogP contribution in [0.1, 0.15) is 38.4 Å². The zero-order chi connectivity index (χ0) is 14.7. The Kier molecular flexibility index (Phi) is 6.02. The lowest BCUT2D eigenvalue weighted by Gasteiger charge is -2.43. The number of aromatic nitrogens is 1. The lowest BCUT2D eigenvalue weighted by molar-refractivity contribution is 0.0604. The van der Waals surface area contributed by atoms with Crippen molar-refractivity contribution in [1.29, 1.82) is 0 Å². The van der Waals surface area contributed by atoms with Crippen molar-refractivity contribution in [3.8, 4) is 0 Å². The molecule has 2 rings (SSSR count). The summed E-state index contributed by atoms with van der Waals surface area (Å²) in [7, 11) is 2.04. The molecular formula is C15H23Br2N3. The van der Waals surface area contributed by atoms with E-state index in [4.69, 9.17) is 4.98 Å². The summed E-state index contributed by atoms with van der Waals surface area (Å²) < 4.78 is 2.12. The lowest BCUT2D eigenvalue weighted by atomic mass is 9.85. The smallest absolute Gasteiger partial charge is 0.0721 e. The van der Waals surface area contributed by atoms with E-state index in [0.29, 0.717) is 18.0 Å². The van der Waals surface area contributed by atoms with Crippen LogP contribution in [0, 0.1) is 5.92 Å². The highest BCUT2D eigenvalue weighted by molar-refractivity contribution is 9.11. The van der Waals surface area contributed by atoms with Gasteiger partial charge in [-0.2, -0.15) is 0 Å². The van der Waals surface area contributed by atoms with Gasteiger partial charge < -0.3 is 5.32 Å². The van der Waals surface area contributed by atoms with E-state index in [2.05, 4.69) is 62.0 Å². The molecule has 1 aromatic heterocycles. The van der Waals surface area contributed by atoms with E-state index in [-0.39, 0.29) is 0 Å². The maximum Gasteiger partial charge on any atom is 0.0721 e. The maximum atomic E-state index is 4.70. The average molecular weight is 405 g/mol. The van der Waals surface area contributed by atoms with Gasteiger partial charge in [0.2, 0.25) is 0 Å². The van der Waals surface area contributed by atoms with Gasteiger partial charge in [-0.3, -0.25) is 9.88 Å². The molecule has 1 fully saturated rings. The number of piperidine rings is 1. The van der Waals surface area contributed by atoms with Gasteiger partial charge in [0.25, 0.3) is 0 Å². The second kappa shape index (κ2) is 7.34. The van der Waals surface area contributed by atoms with Gasteiger partial charge >= 0.3 is 0 Å². The third-order valence-electron chi connectivity index (χ3n) is 4.04. The van der Waals surface area contributed by atoms with Gasteiger partial charge in [0.05, 0.1) is 11.7 Å². The Hall–Kier alpha value is 0.0300. The average Bonchev–Trinajstić information content (AvgIpc) is 2.39. The first kappa shape index (κ1) is 16.4. The minimum atomic E-state index is 0.388. The van der Waals surface area contributed by atoms with Crippen LogP contribution >= 0.6 is 31.9 Å². The molecule has 20 heavy (non-hydrogen) atoms. The topological polar surface area (TPSA) is 28.2 Å². The molecule has 2 unspecified atom stereocenters. The molecule has 0 spiro atoms. The molecule has 1 aliphatic rings. The molecule has 0 aliphatic carbocycles. The van der Waals surface area contributed by atoms with Crippen LogP contribution in [-0.4, -0.2) is 36.1 Å². The third kappa shape index (κ3) is 3.62. The van der Waals surface area contributed by atoms with Crippen molar-refractivity contribution in [3.05, 3.63) is 26.9 Å². The molecule has 0 aromatic carbocycles. The van der Waals surface area contributed by atoms with Gasteiger partial charge in [-0.25, -0.2) is 0 Å². The summed E-state index contributed by atoms with van der Waals surface area (Å²) in [4.78, 5) is 7.29. The predicted molar refractivity (Wildman–Crippen MR) is 90.9 cm³/mol. The molecule has 2 heterocycles. The Morgan fingerprint density at radius 2 is 2.20 bits per heavy atom. The van der Waals surface area contributed by atoms with Gasteiger partial charge in [-0.05, 0) is 90.7 Å². The Morgan fingerprint density at radius 3 is 2.80 bits per heavy atom. The first-order chi connectivity index (χ1) is 9.54. The van der Waals surface area contributed by atoms with E-state index in [9.17, 15) is 0 Å². The summed E-state index contributed by atoms with van der Waals surface area (Å²) in [6.45, 7) is 6.76. The van der Waals surface area contributed by atoms with Gasteiger partial charge in [0, 0.05) is 21.2 Å². The van der Waals surface area contributed by atoms with Crippen LogP contribution in [0.15, 0.2) is 21.2 Å². The summed E-state index contributed by atoms with van der Waals surface area (Å²) in [5.74, 6) is 0.612. The molecule has 1 aliphatic heterocycles. The largest absolute Gasteiger partial charge is 0.319 e. The molecular weight excluding hydrogens is 382 g/mol. The molecule has 1 saturated heterocycles. The summed E-state index contributed by atoms with van der Waals surface area (Å²) in [6, 6.07) is 3.03. The SMILES string of the molecule is CNCC1CCCN(C(C)C)C1c1ncc(Br)cc1Br. The van der Waals surface area contributed by atoms with E-state index in [0.717, 1.165) is 22.0 Å². The van der Waals surface area contributed by atoms with Gasteiger partial charge in [-0.15, -0.1) is 0 Å². The molecule has 1 aromatic rings. The van der Waals surface area contributed by atoms with Crippen molar-refractivity contribution in [2.45, 2.75) is 38.8 Å². The van der Waals surface area contributed by atoms with Crippen molar-refractivity contribution in [1.82, 2.24) is 15.2 Å². The third-order valence-corrected chi connectivity index (χ3v) is 5.11. The first-order valence-corrected chi connectivity index (χ1v) is 8.84. The van der Waals surface area contributed by atoms with E-state index < -0.39 is 0 Å². The number of pyridine rings is 1. The minimum Gasteiger partial charge on any atom is -0.319 e. The van der Waals surface area contributed by atoms with Gasteiger partial charge in [0.15, 0.2) is 0 Å². The van der Waals surface area contributed by atoms with Crippen LogP contribution in [0.3, 0.4) is 0 Å². The first-order valence-electron chi connectivity index (χ1n) is 7.26. The highest BCUT2D eigenvalue weighted by Gasteiger charge is 2.35. The van der Waals surface area contributed by atoms with E-state index in [1.54, 1.807) is 0 Å². The molecule has 3 nitrogen and oxygen atoms in total. The number of hydrogen-bond donors (Lipinski definition) is 1. The molecule has 0 radical (unpaired) electrons. The van der Waals surface area contributed by atoms with Crippen molar-refractivity contribution in [3.63, 3.8) is 0 Å². The number of rotatable bonds is 4. The lowest BCUT2D eigenvalue weighted by Crippen LogP contribution is -2.45. The van der Waals surface area contributed by atoms with Crippen molar-refractivity contribution >= 4 is 31.9 Å². The predicted octanol–water partition coefficient (Wildman–Crippen LogP) is 3.99. The second-order valence-corrected chi connectivity index (χ2v) is 7.53. The summed E-state index contributed by atoms with van der Waals surface area (Å²) >= 11 is 7.19. The van der Waals surface area contributed by atoms with Crippen LogP contribution in [0.5, 0.6) is 0 Å². The number of nitrogens with one attached hydrogen (secondary N) is 1. The zero-order valence-electron chi connectivity index (χ0n) is 12.4. The Morgan fingerprint density at radius 1 is 1.45 bits per heavy atom. The molecule has 1 N–H and O–H groups in total. The van der Waals surface area contributed by atoms with E-state index in [1.165, 1.54) is 18.5 Å². The molecule has 2 atom stereocenters. The van der Waals surface area contributed by atoms with Crippen molar-refractivity contribution < 1.29 is 0 Å². The molecule has 112 valence electrons. The van der Waals surface area contributed by atoms with Crippen molar-refractivity contribution in [2.24, 2.45) is 5.92 Å². The van der Waals surface area contributed by atoms with Gasteiger partial charge in [-0.1, -0.05) is 0 Å². The Labute approximate surface area is 138 Å². The highest BCUT2D eigenvalue weighted by Crippen LogP contribution is 2.39. The summed E-state index contributed by atoms with van der Waals surface area (Å²) in [6.07, 6.45) is 4.44. The second-order valence-electron chi connectivity index (χ2n) is 5.76. The number of halogens is 2. The van der Waals surface area contributed by atoms with Crippen molar-refractivity contribution in [2.75, 3.05) is 20.1 Å².